The van der Waals surface area contributed by atoms with Crippen molar-refractivity contribution in [2.45, 2.75) is 26.8 Å². The molecule has 0 radical (unpaired) electrons. The van der Waals surface area contributed by atoms with Crippen molar-refractivity contribution in [1.29, 1.82) is 0 Å². The average molecular weight is 246 g/mol. The zero-order valence-corrected chi connectivity index (χ0v) is 11.0. The van der Waals surface area contributed by atoms with E-state index < -0.39 is 0 Å². The van der Waals surface area contributed by atoms with Gasteiger partial charge >= 0.3 is 0 Å². The highest BCUT2D eigenvalue weighted by Crippen LogP contribution is 2.36. The minimum atomic E-state index is -0.215. The van der Waals surface area contributed by atoms with E-state index in [-0.39, 0.29) is 29.6 Å². The minimum absolute atomic E-state index is 0. The molecule has 0 aromatic heterocycles. The lowest BCUT2D eigenvalue weighted by molar-refractivity contribution is 0.316. The lowest BCUT2D eigenvalue weighted by Crippen LogP contribution is -2.26. The molecule has 0 aliphatic rings. The van der Waals surface area contributed by atoms with Gasteiger partial charge in [0.05, 0.1) is 7.11 Å². The van der Waals surface area contributed by atoms with Crippen molar-refractivity contribution in [3.63, 3.8) is 0 Å². The van der Waals surface area contributed by atoms with E-state index in [2.05, 4.69) is 0 Å². The summed E-state index contributed by atoms with van der Waals surface area (Å²) < 4.78 is 5.11. The van der Waals surface area contributed by atoms with Gasteiger partial charge in [-0.25, -0.2) is 0 Å². The van der Waals surface area contributed by atoms with E-state index in [0.29, 0.717) is 5.75 Å². The van der Waals surface area contributed by atoms with Crippen LogP contribution < -0.4 is 10.5 Å². The largest absolute Gasteiger partial charge is 0.508 e. The molecule has 0 aliphatic heterocycles. The second kappa shape index (κ2) is 5.41. The Bertz CT molecular complexity index is 347. The Balaban J connectivity index is 0.00000225. The molecule has 1 aromatic carbocycles. The van der Waals surface area contributed by atoms with Gasteiger partial charge in [0.25, 0.3) is 0 Å². The van der Waals surface area contributed by atoms with Crippen LogP contribution >= 0.6 is 12.4 Å². The summed E-state index contributed by atoms with van der Waals surface area (Å²) in [5.74, 6) is 0.931. The number of hydrogen-bond acceptors (Lipinski definition) is 3. The predicted molar refractivity (Wildman–Crippen MR) is 68.3 cm³/mol. The number of phenolic OH excluding ortho intramolecular Hbond substituents is 1. The minimum Gasteiger partial charge on any atom is -0.508 e. The Kier molecular flexibility index (Phi) is 5.10. The van der Waals surface area contributed by atoms with Crippen LogP contribution in [-0.2, 0) is 0 Å². The normalized spacial score (nSPS) is 12.8. The molecule has 1 rings (SSSR count). The maximum absolute atomic E-state index is 9.73. The molecule has 0 spiro atoms. The van der Waals surface area contributed by atoms with Gasteiger partial charge in [0, 0.05) is 11.6 Å². The molecule has 16 heavy (non-hydrogen) atoms. The van der Waals surface area contributed by atoms with E-state index in [1.807, 2.05) is 20.8 Å². The van der Waals surface area contributed by atoms with Gasteiger partial charge in [0.15, 0.2) is 0 Å². The molecule has 1 atom stereocenters. The van der Waals surface area contributed by atoms with Crippen LogP contribution in [0.3, 0.4) is 0 Å². The van der Waals surface area contributed by atoms with Gasteiger partial charge in [0.2, 0.25) is 0 Å². The SMILES string of the molecule is COc1ccc(O)c([C@@H](N)C(C)(C)C)c1.Cl. The van der Waals surface area contributed by atoms with Crippen molar-refractivity contribution < 1.29 is 9.84 Å². The summed E-state index contributed by atoms with van der Waals surface area (Å²) in [5, 5.41) is 9.73. The molecule has 0 aliphatic carbocycles. The predicted octanol–water partition coefficient (Wildman–Crippen LogP) is 2.87. The molecular weight excluding hydrogens is 226 g/mol. The third kappa shape index (κ3) is 3.29. The topological polar surface area (TPSA) is 55.5 Å². The highest BCUT2D eigenvalue weighted by atomic mass is 35.5. The first-order valence-corrected chi connectivity index (χ1v) is 4.98. The zero-order chi connectivity index (χ0) is 11.6. The van der Waals surface area contributed by atoms with Gasteiger partial charge < -0.3 is 15.6 Å². The number of aromatic hydroxyl groups is 1. The van der Waals surface area contributed by atoms with E-state index in [0.717, 1.165) is 5.56 Å². The highest BCUT2D eigenvalue weighted by Gasteiger charge is 2.24. The number of nitrogens with two attached hydrogens (primary N) is 1. The van der Waals surface area contributed by atoms with Gasteiger partial charge in [0.1, 0.15) is 11.5 Å². The van der Waals surface area contributed by atoms with Crippen LogP contribution in [0, 0.1) is 5.41 Å². The lowest BCUT2D eigenvalue weighted by Gasteiger charge is -2.28. The maximum atomic E-state index is 9.73. The van der Waals surface area contributed by atoms with Crippen molar-refractivity contribution in [1.82, 2.24) is 0 Å². The van der Waals surface area contributed by atoms with Crippen LogP contribution in [0.5, 0.6) is 11.5 Å². The summed E-state index contributed by atoms with van der Waals surface area (Å²) in [6.07, 6.45) is 0. The third-order valence-electron chi connectivity index (χ3n) is 2.50. The van der Waals surface area contributed by atoms with E-state index in [1.54, 1.807) is 25.3 Å². The van der Waals surface area contributed by atoms with Crippen molar-refractivity contribution in [3.05, 3.63) is 23.8 Å². The maximum Gasteiger partial charge on any atom is 0.120 e. The number of rotatable bonds is 2. The summed E-state index contributed by atoms with van der Waals surface area (Å²) in [6.45, 7) is 6.11. The van der Waals surface area contributed by atoms with Crippen molar-refractivity contribution in [2.24, 2.45) is 11.1 Å². The Morgan fingerprint density at radius 1 is 1.31 bits per heavy atom. The summed E-state index contributed by atoms with van der Waals surface area (Å²) in [6, 6.07) is 4.90. The number of halogens is 1. The second-order valence-electron chi connectivity index (χ2n) is 4.77. The molecule has 0 fully saturated rings. The number of benzene rings is 1. The van der Waals surface area contributed by atoms with Crippen LogP contribution in [0.4, 0.5) is 0 Å². The molecule has 4 heteroatoms. The van der Waals surface area contributed by atoms with E-state index in [1.165, 1.54) is 0 Å². The van der Waals surface area contributed by atoms with Gasteiger partial charge in [-0.05, 0) is 23.6 Å². The first-order valence-electron chi connectivity index (χ1n) is 4.98. The zero-order valence-electron chi connectivity index (χ0n) is 10.2. The molecule has 1 aromatic rings. The third-order valence-corrected chi connectivity index (χ3v) is 2.50. The number of hydrogen-bond donors (Lipinski definition) is 2. The molecule has 0 heterocycles. The van der Waals surface area contributed by atoms with E-state index in [9.17, 15) is 5.11 Å². The van der Waals surface area contributed by atoms with Crippen molar-refractivity contribution >= 4 is 12.4 Å². The fraction of sp³-hybridized carbons (Fsp3) is 0.500. The lowest BCUT2D eigenvalue weighted by atomic mass is 9.82. The Morgan fingerprint density at radius 3 is 2.31 bits per heavy atom. The van der Waals surface area contributed by atoms with E-state index in [4.69, 9.17) is 10.5 Å². The fourth-order valence-electron chi connectivity index (χ4n) is 1.38. The van der Waals surface area contributed by atoms with Crippen molar-refractivity contribution in [2.75, 3.05) is 7.11 Å². The molecule has 0 saturated heterocycles. The van der Waals surface area contributed by atoms with E-state index >= 15 is 0 Å². The quantitative estimate of drug-likeness (QED) is 0.843. The molecule has 3 nitrogen and oxygen atoms in total. The average Bonchev–Trinajstić information content (AvgIpc) is 2.16. The first-order chi connectivity index (χ1) is 6.86. The van der Waals surface area contributed by atoms with Crippen LogP contribution in [0.2, 0.25) is 0 Å². The standard InChI is InChI=1S/C12H19NO2.ClH/c1-12(2,3)11(13)9-7-8(15-4)5-6-10(9)14;/h5-7,11,14H,13H2,1-4H3;1H/t11-;/m1./s1. The monoisotopic (exact) mass is 245 g/mol. The van der Waals surface area contributed by atoms with Crippen LogP contribution in [-0.4, -0.2) is 12.2 Å². The molecule has 0 bridgehead atoms. The van der Waals surface area contributed by atoms with Crippen LogP contribution in [0.15, 0.2) is 18.2 Å². The number of methoxy groups -OCH3 is 1. The molecule has 92 valence electrons. The first kappa shape index (κ1) is 15.1. The Hall–Kier alpha value is -0.930. The molecular formula is C12H20ClNO2. The summed E-state index contributed by atoms with van der Waals surface area (Å²) in [5.41, 5.74) is 6.71. The second-order valence-corrected chi connectivity index (χ2v) is 4.77. The fourth-order valence-corrected chi connectivity index (χ4v) is 1.38. The summed E-state index contributed by atoms with van der Waals surface area (Å²) in [7, 11) is 1.60. The molecule has 3 N–H and O–H groups in total. The van der Waals surface area contributed by atoms with Gasteiger partial charge in [-0.1, -0.05) is 20.8 Å². The molecule has 0 saturated carbocycles. The highest BCUT2D eigenvalue weighted by molar-refractivity contribution is 5.85. The summed E-state index contributed by atoms with van der Waals surface area (Å²) >= 11 is 0. The van der Waals surface area contributed by atoms with Crippen LogP contribution in [0.25, 0.3) is 0 Å². The summed E-state index contributed by atoms with van der Waals surface area (Å²) in [4.78, 5) is 0. The smallest absolute Gasteiger partial charge is 0.120 e. The van der Waals surface area contributed by atoms with Crippen molar-refractivity contribution in [3.8, 4) is 11.5 Å². The Morgan fingerprint density at radius 2 is 1.88 bits per heavy atom. The van der Waals surface area contributed by atoms with Crippen LogP contribution in [0.1, 0.15) is 32.4 Å². The van der Waals surface area contributed by atoms with Gasteiger partial charge in [-0.3, -0.25) is 0 Å². The Labute approximate surface area is 103 Å². The van der Waals surface area contributed by atoms with Gasteiger partial charge in [-0.15, -0.1) is 12.4 Å². The van der Waals surface area contributed by atoms with Gasteiger partial charge in [-0.2, -0.15) is 0 Å². The number of phenols is 1. The number of ether oxygens (including phenoxy) is 1. The molecule has 0 unspecified atom stereocenters. The molecule has 0 amide bonds.